The van der Waals surface area contributed by atoms with Crippen molar-refractivity contribution in [1.29, 1.82) is 0 Å². The number of aromatic nitrogens is 1. The molecule has 4 rings (SSSR count). The number of benzene rings is 2. The van der Waals surface area contributed by atoms with E-state index >= 15 is 0 Å². The van der Waals surface area contributed by atoms with E-state index in [1.807, 2.05) is 48.5 Å². The summed E-state index contributed by atoms with van der Waals surface area (Å²) in [5.74, 6) is 0.417. The van der Waals surface area contributed by atoms with Crippen molar-refractivity contribution < 1.29 is 9.21 Å². The van der Waals surface area contributed by atoms with E-state index < -0.39 is 0 Å². The molecule has 3 aromatic rings. The molecule has 1 N–H and O–H groups in total. The van der Waals surface area contributed by atoms with Crippen LogP contribution in [0.15, 0.2) is 52.9 Å². The molecule has 2 aromatic carbocycles. The van der Waals surface area contributed by atoms with Crippen molar-refractivity contribution in [3.63, 3.8) is 0 Å². The number of amides is 1. The second kappa shape index (κ2) is 8.46. The molecule has 29 heavy (non-hydrogen) atoms. The maximum atomic E-state index is 12.9. The highest BCUT2D eigenvalue weighted by Crippen LogP contribution is 2.28. The Balaban J connectivity index is 1.38. The Morgan fingerprint density at radius 3 is 2.48 bits per heavy atom. The summed E-state index contributed by atoms with van der Waals surface area (Å²) in [6, 6.07) is 16.1. The number of rotatable bonds is 5. The van der Waals surface area contributed by atoms with Gasteiger partial charge in [-0.05, 0) is 48.6 Å². The number of hydrogen-bond donors (Lipinski definition) is 1. The Hall–Kier alpha value is -2.53. The van der Waals surface area contributed by atoms with Crippen LogP contribution >= 0.6 is 11.6 Å². The van der Waals surface area contributed by atoms with Crippen molar-refractivity contribution in [2.45, 2.75) is 32.7 Å². The second-order valence-electron chi connectivity index (χ2n) is 8.01. The van der Waals surface area contributed by atoms with Gasteiger partial charge in [-0.2, -0.15) is 4.98 Å². The number of hydrogen-bond acceptors (Lipinski definition) is 4. The van der Waals surface area contributed by atoms with Gasteiger partial charge in [0, 0.05) is 24.0 Å². The molecule has 152 valence electrons. The second-order valence-corrected chi connectivity index (χ2v) is 8.44. The molecule has 1 aromatic heterocycles. The van der Waals surface area contributed by atoms with Crippen molar-refractivity contribution in [3.05, 3.63) is 59.1 Å². The van der Waals surface area contributed by atoms with E-state index in [1.165, 1.54) is 0 Å². The van der Waals surface area contributed by atoms with E-state index in [-0.39, 0.29) is 17.9 Å². The molecule has 0 spiro atoms. The molecule has 0 saturated carbocycles. The fraction of sp³-hybridized carbons (Fsp3) is 0.391. The minimum absolute atomic E-state index is 0.00387. The van der Waals surface area contributed by atoms with Crippen molar-refractivity contribution >= 4 is 34.6 Å². The predicted molar refractivity (Wildman–Crippen MR) is 116 cm³/mol. The van der Waals surface area contributed by atoms with Gasteiger partial charge in [0.2, 0.25) is 5.91 Å². The molecule has 1 unspecified atom stereocenters. The first-order chi connectivity index (χ1) is 14.0. The van der Waals surface area contributed by atoms with Crippen molar-refractivity contribution in [2.24, 2.45) is 11.8 Å². The summed E-state index contributed by atoms with van der Waals surface area (Å²) >= 11 is 6.01. The third-order valence-corrected chi connectivity index (χ3v) is 5.86. The highest BCUT2D eigenvalue weighted by Gasteiger charge is 2.29. The average molecular weight is 412 g/mol. The Morgan fingerprint density at radius 2 is 1.83 bits per heavy atom. The van der Waals surface area contributed by atoms with Crippen LogP contribution in [-0.2, 0) is 4.79 Å². The van der Waals surface area contributed by atoms with Gasteiger partial charge in [-0.1, -0.05) is 49.7 Å². The summed E-state index contributed by atoms with van der Waals surface area (Å²) in [4.78, 5) is 19.6. The molecule has 1 aliphatic rings. The van der Waals surface area contributed by atoms with Crippen molar-refractivity contribution in [3.8, 4) is 0 Å². The largest absolute Gasteiger partial charge is 0.423 e. The summed E-state index contributed by atoms with van der Waals surface area (Å²) in [7, 11) is 0. The molecule has 5 nitrogen and oxygen atoms in total. The maximum absolute atomic E-state index is 12.9. The molecule has 0 aliphatic carbocycles. The zero-order chi connectivity index (χ0) is 20.4. The number of para-hydroxylation sites is 2. The van der Waals surface area contributed by atoms with E-state index in [1.54, 1.807) is 0 Å². The summed E-state index contributed by atoms with van der Waals surface area (Å²) in [5, 5.41) is 3.96. The summed E-state index contributed by atoms with van der Waals surface area (Å²) < 4.78 is 5.87. The van der Waals surface area contributed by atoms with Crippen LogP contribution < -0.4 is 10.2 Å². The maximum Gasteiger partial charge on any atom is 0.298 e. The zero-order valence-electron chi connectivity index (χ0n) is 16.8. The third kappa shape index (κ3) is 4.40. The lowest BCUT2D eigenvalue weighted by Crippen LogP contribution is -2.42. The number of halogens is 1. The lowest BCUT2D eigenvalue weighted by atomic mass is 9.92. The van der Waals surface area contributed by atoms with Crippen LogP contribution in [0.1, 0.15) is 38.3 Å². The Labute approximate surface area is 176 Å². The van der Waals surface area contributed by atoms with Crippen LogP contribution in [0.5, 0.6) is 0 Å². The van der Waals surface area contributed by atoms with Gasteiger partial charge in [0.05, 0.1) is 6.04 Å². The van der Waals surface area contributed by atoms with E-state index in [2.05, 4.69) is 29.0 Å². The number of nitrogens with zero attached hydrogens (tertiary/aromatic N) is 2. The third-order valence-electron chi connectivity index (χ3n) is 5.61. The first-order valence-corrected chi connectivity index (χ1v) is 10.6. The molecule has 1 aliphatic heterocycles. The molecular weight excluding hydrogens is 386 g/mol. The fourth-order valence-electron chi connectivity index (χ4n) is 3.90. The first-order valence-electron chi connectivity index (χ1n) is 10.2. The fourth-order valence-corrected chi connectivity index (χ4v) is 4.03. The van der Waals surface area contributed by atoms with Crippen LogP contribution in [0.25, 0.3) is 11.1 Å². The van der Waals surface area contributed by atoms with Gasteiger partial charge in [-0.15, -0.1) is 0 Å². The summed E-state index contributed by atoms with van der Waals surface area (Å²) in [5.41, 5.74) is 2.75. The number of carbonyl (C=O) groups excluding carboxylic acids is 1. The molecule has 2 heterocycles. The van der Waals surface area contributed by atoms with Gasteiger partial charge < -0.3 is 14.6 Å². The predicted octanol–water partition coefficient (Wildman–Crippen LogP) is 5.21. The molecule has 0 radical (unpaired) electrons. The quantitative estimate of drug-likeness (QED) is 0.626. The van der Waals surface area contributed by atoms with Crippen LogP contribution in [0, 0.1) is 11.8 Å². The first kappa shape index (κ1) is 19.8. The SMILES string of the molecule is CC(C)C(NC(=O)C1CCN(c2nc3ccccc3o2)CC1)c1ccc(Cl)cc1. The summed E-state index contributed by atoms with van der Waals surface area (Å²) in [6.07, 6.45) is 1.58. The highest BCUT2D eigenvalue weighted by atomic mass is 35.5. The van der Waals surface area contributed by atoms with E-state index in [0.29, 0.717) is 17.0 Å². The molecule has 1 amide bonds. The van der Waals surface area contributed by atoms with E-state index in [4.69, 9.17) is 16.0 Å². The van der Waals surface area contributed by atoms with Crippen LogP contribution in [0.2, 0.25) is 5.02 Å². The lowest BCUT2D eigenvalue weighted by molar-refractivity contribution is -0.126. The van der Waals surface area contributed by atoms with Crippen LogP contribution in [0.4, 0.5) is 6.01 Å². The van der Waals surface area contributed by atoms with Gasteiger partial charge in [0.25, 0.3) is 6.01 Å². The highest BCUT2D eigenvalue weighted by molar-refractivity contribution is 6.30. The van der Waals surface area contributed by atoms with Gasteiger partial charge in [0.1, 0.15) is 5.52 Å². The van der Waals surface area contributed by atoms with Crippen LogP contribution in [0.3, 0.4) is 0 Å². The van der Waals surface area contributed by atoms with E-state index in [0.717, 1.165) is 42.6 Å². The molecule has 1 saturated heterocycles. The van der Waals surface area contributed by atoms with Crippen LogP contribution in [-0.4, -0.2) is 24.0 Å². The molecule has 1 fully saturated rings. The molecule has 0 bridgehead atoms. The zero-order valence-corrected chi connectivity index (χ0v) is 17.5. The lowest BCUT2D eigenvalue weighted by Gasteiger charge is -2.32. The number of anilines is 1. The molecule has 1 atom stereocenters. The van der Waals surface area contributed by atoms with Gasteiger partial charge in [0.15, 0.2) is 5.58 Å². The molecular formula is C23H26ClN3O2. The minimum atomic E-state index is -0.0187. The van der Waals surface area contributed by atoms with Gasteiger partial charge in [-0.25, -0.2) is 0 Å². The summed E-state index contributed by atoms with van der Waals surface area (Å²) in [6.45, 7) is 5.77. The normalized spacial score (nSPS) is 16.3. The number of fused-ring (bicyclic) bond motifs is 1. The molecule has 6 heteroatoms. The minimum Gasteiger partial charge on any atom is -0.423 e. The average Bonchev–Trinajstić information content (AvgIpc) is 3.17. The smallest absolute Gasteiger partial charge is 0.298 e. The van der Waals surface area contributed by atoms with Crippen molar-refractivity contribution in [1.82, 2.24) is 10.3 Å². The van der Waals surface area contributed by atoms with Gasteiger partial charge >= 0.3 is 0 Å². The monoisotopic (exact) mass is 411 g/mol. The van der Waals surface area contributed by atoms with Gasteiger partial charge in [-0.3, -0.25) is 4.79 Å². The standard InChI is InChI=1S/C23H26ClN3O2/c1-15(2)21(16-7-9-18(24)10-8-16)26-22(28)17-11-13-27(14-12-17)23-25-19-5-3-4-6-20(19)29-23/h3-10,15,17,21H,11-14H2,1-2H3,(H,26,28). The number of carbonyl (C=O) groups is 1. The Bertz CT molecular complexity index is 942. The Morgan fingerprint density at radius 1 is 1.14 bits per heavy atom. The Kier molecular flexibility index (Phi) is 5.76. The van der Waals surface area contributed by atoms with E-state index in [9.17, 15) is 4.79 Å². The number of nitrogens with one attached hydrogen (secondary N) is 1. The topological polar surface area (TPSA) is 58.4 Å². The van der Waals surface area contributed by atoms with Crippen molar-refractivity contribution in [2.75, 3.05) is 18.0 Å². The number of oxazole rings is 1. The number of piperidine rings is 1.